The van der Waals surface area contributed by atoms with E-state index in [9.17, 15) is 16.9 Å². The molecule has 0 radical (unpaired) electrons. The molecule has 0 fully saturated rings. The van der Waals surface area contributed by atoms with E-state index in [1.54, 1.807) is 0 Å². The molecule has 0 atom stereocenters. The van der Waals surface area contributed by atoms with Gasteiger partial charge >= 0.3 is 36.4 Å². The summed E-state index contributed by atoms with van der Waals surface area (Å²) < 4.78 is 59.6. The molecular weight excluding hydrogens is 591 g/mol. The van der Waals surface area contributed by atoms with Crippen molar-refractivity contribution in [2.24, 2.45) is 0 Å². The first-order valence-electron chi connectivity index (χ1n) is 8.87. The minimum atomic E-state index is -11.2. The molecule has 0 aliphatic heterocycles. The molecule has 0 amide bonds. The Hall–Kier alpha value is -1.01. The third-order valence-corrected chi connectivity index (χ3v) is 6.51. The van der Waals surface area contributed by atoms with Crippen LogP contribution < -0.4 is 0 Å². The number of benzene rings is 3. The second-order valence-corrected chi connectivity index (χ2v) is 15.2. The van der Waals surface area contributed by atoms with Crippen molar-refractivity contribution in [1.29, 1.82) is 0 Å². The molecule has 0 aliphatic rings. The van der Waals surface area contributed by atoms with Crippen LogP contribution in [0.25, 0.3) is 0 Å². The average molecular weight is 610 g/mol. The zero-order valence-electron chi connectivity index (χ0n) is 16.0. The van der Waals surface area contributed by atoms with Gasteiger partial charge in [0.25, 0.3) is 0 Å². The molecule has 0 unspecified atom stereocenters. The van der Waals surface area contributed by atoms with Crippen molar-refractivity contribution in [2.75, 3.05) is 0 Å². The van der Waals surface area contributed by atoms with Gasteiger partial charge < -0.3 is 0 Å². The van der Waals surface area contributed by atoms with Crippen LogP contribution in [0.3, 0.4) is 0 Å². The summed E-state index contributed by atoms with van der Waals surface area (Å²) in [5.41, 5.74) is 4.07. The molecule has 0 bridgehead atoms. The molecule has 0 saturated heterocycles. The zero-order chi connectivity index (χ0) is 23.2. The quantitative estimate of drug-likeness (QED) is 0.149. The van der Waals surface area contributed by atoms with E-state index < -0.39 is 19.5 Å². The van der Waals surface area contributed by atoms with Crippen LogP contribution >= 0.6 is 23.2 Å². The normalized spacial score (nSPS) is 13.7. The predicted octanol–water partition coefficient (Wildman–Crippen LogP) is 8.65. The molecular formula is C21H19Cl2F6SSb. The third-order valence-electron chi connectivity index (χ3n) is 3.78. The third kappa shape index (κ3) is 13.9. The summed E-state index contributed by atoms with van der Waals surface area (Å²) in [4.78, 5) is 0. The molecule has 3 aromatic carbocycles. The average Bonchev–Trinajstić information content (AvgIpc) is 2.64. The zero-order valence-corrected chi connectivity index (χ0v) is 20.9. The van der Waals surface area contributed by atoms with Gasteiger partial charge in [-0.2, -0.15) is 0 Å². The van der Waals surface area contributed by atoms with Gasteiger partial charge in [0, 0.05) is 37.6 Å². The monoisotopic (exact) mass is 608 g/mol. The molecule has 0 nitrogen and oxygen atoms in total. The van der Waals surface area contributed by atoms with Crippen LogP contribution in [0, 0.1) is 0 Å². The van der Waals surface area contributed by atoms with Gasteiger partial charge in [-0.25, -0.2) is 0 Å². The molecule has 0 saturated carbocycles. The van der Waals surface area contributed by atoms with Crippen LogP contribution in [-0.2, 0) is 28.2 Å². The van der Waals surface area contributed by atoms with Crippen molar-refractivity contribution in [3.05, 3.63) is 106 Å². The second-order valence-electron chi connectivity index (χ2n) is 6.74. The Balaban J connectivity index is 0.000000423. The second kappa shape index (κ2) is 9.86. The van der Waals surface area contributed by atoms with Gasteiger partial charge in [0.05, 0.1) is 0 Å². The number of halogens is 8. The Morgan fingerprint density at radius 2 is 0.806 bits per heavy atom. The minimum absolute atomic E-state index is 0.223. The number of hydrogen-bond donors (Lipinski definition) is 0. The van der Waals surface area contributed by atoms with Crippen molar-refractivity contribution in [1.82, 2.24) is 0 Å². The fraction of sp³-hybridized carbons (Fsp3) is 0.143. The molecule has 0 aromatic heterocycles. The van der Waals surface area contributed by atoms with E-state index in [1.807, 2.05) is 24.3 Å². The predicted molar refractivity (Wildman–Crippen MR) is 120 cm³/mol. The summed E-state index contributed by atoms with van der Waals surface area (Å²) in [5, 5.41) is 1.58. The van der Waals surface area contributed by atoms with Crippen molar-refractivity contribution in [2.45, 2.75) is 17.3 Å². The Morgan fingerprint density at radius 3 is 1.13 bits per heavy atom. The van der Waals surface area contributed by atoms with Crippen molar-refractivity contribution < 1.29 is 16.9 Å². The van der Waals surface area contributed by atoms with Gasteiger partial charge in [-0.05, 0) is 24.3 Å². The van der Waals surface area contributed by atoms with E-state index in [2.05, 4.69) is 54.6 Å². The maximum absolute atomic E-state index is 11.2. The van der Waals surface area contributed by atoms with E-state index in [0.717, 1.165) is 27.3 Å². The molecule has 31 heavy (non-hydrogen) atoms. The fourth-order valence-corrected chi connectivity index (χ4v) is 5.15. The maximum atomic E-state index is 9.93. The number of rotatable bonds is 6. The van der Waals surface area contributed by atoms with Crippen molar-refractivity contribution in [3.63, 3.8) is 0 Å². The van der Waals surface area contributed by atoms with Gasteiger partial charge in [-0.1, -0.05) is 77.8 Å². The Morgan fingerprint density at radius 1 is 0.516 bits per heavy atom. The summed E-state index contributed by atoms with van der Waals surface area (Å²) in [7, 11) is 0.223. The SMILES string of the molecule is Clc1ccc(C[S+](Cc2ccccc2)Cc2ccc(Cl)cc2)cc1.[F][Sb-]([F])([F])([F])([F])[F]. The Kier molecular flexibility index (Phi) is 8.35. The summed E-state index contributed by atoms with van der Waals surface area (Å²) in [6.45, 7) is 0. The van der Waals surface area contributed by atoms with E-state index >= 15 is 0 Å². The van der Waals surface area contributed by atoms with Crippen LogP contribution in [0.15, 0.2) is 78.9 Å². The van der Waals surface area contributed by atoms with Crippen LogP contribution in [0.5, 0.6) is 0 Å². The van der Waals surface area contributed by atoms with Crippen LogP contribution in [0.2, 0.25) is 10.0 Å². The van der Waals surface area contributed by atoms with Crippen molar-refractivity contribution in [3.8, 4) is 0 Å². The standard InChI is InChI=1S/C21H19Cl2S.6FH.Sb/c22-20-10-6-18(7-11-20)15-24(14-17-4-2-1-3-5-17)16-19-8-12-21(23)13-9-19;;;;;;;/h1-13H,14-16H2;6*1H;/q+1;;;;;;;+5/p-6. The van der Waals surface area contributed by atoms with Crippen molar-refractivity contribution >= 4 is 53.6 Å². The topological polar surface area (TPSA) is 0 Å². The van der Waals surface area contributed by atoms with Gasteiger partial charge in [-0.3, -0.25) is 0 Å². The van der Waals surface area contributed by atoms with Gasteiger partial charge in [-0.15, -0.1) is 0 Å². The van der Waals surface area contributed by atoms with Gasteiger partial charge in [0.15, 0.2) is 0 Å². The molecule has 0 spiro atoms. The summed E-state index contributed by atoms with van der Waals surface area (Å²) in [6.07, 6.45) is 0. The Labute approximate surface area is 192 Å². The first-order chi connectivity index (χ1) is 14.1. The molecule has 3 aromatic rings. The fourth-order valence-electron chi connectivity index (χ4n) is 2.60. The molecule has 0 heterocycles. The number of hydrogen-bond acceptors (Lipinski definition) is 0. The van der Waals surface area contributed by atoms with Crippen LogP contribution in [-0.4, -0.2) is 19.5 Å². The van der Waals surface area contributed by atoms with E-state index in [0.29, 0.717) is 0 Å². The molecule has 3 rings (SSSR count). The Bertz CT molecular complexity index is 905. The molecule has 0 N–H and O–H groups in total. The summed E-state index contributed by atoms with van der Waals surface area (Å²) >= 11 is 0.775. The van der Waals surface area contributed by atoms with E-state index in [-0.39, 0.29) is 10.9 Å². The van der Waals surface area contributed by atoms with Crippen LogP contribution in [0.1, 0.15) is 16.7 Å². The van der Waals surface area contributed by atoms with E-state index in [1.165, 1.54) is 16.7 Å². The molecule has 170 valence electrons. The first kappa shape index (κ1) is 26.2. The van der Waals surface area contributed by atoms with Crippen LogP contribution in [0.4, 0.5) is 16.9 Å². The van der Waals surface area contributed by atoms with E-state index in [4.69, 9.17) is 23.2 Å². The summed E-state index contributed by atoms with van der Waals surface area (Å²) in [5.74, 6) is 3.22. The van der Waals surface area contributed by atoms with Gasteiger partial charge in [0.1, 0.15) is 17.3 Å². The summed E-state index contributed by atoms with van der Waals surface area (Å²) in [6, 6.07) is 27.2. The first-order valence-corrected chi connectivity index (χ1v) is 17.1. The van der Waals surface area contributed by atoms with Gasteiger partial charge in [0.2, 0.25) is 0 Å². The molecule has 10 heteroatoms. The molecule has 0 aliphatic carbocycles.